The third kappa shape index (κ3) is 3.62. The first-order chi connectivity index (χ1) is 6.46. The van der Waals surface area contributed by atoms with Gasteiger partial charge in [0.25, 0.3) is 0 Å². The van der Waals surface area contributed by atoms with Crippen LogP contribution in [-0.4, -0.2) is 22.7 Å². The van der Waals surface area contributed by atoms with Crippen LogP contribution < -0.4 is 0 Å². The number of hydrogen-bond acceptors (Lipinski definition) is 3. The summed E-state index contributed by atoms with van der Waals surface area (Å²) in [6.07, 6.45) is 2.51. The second-order valence-electron chi connectivity index (χ2n) is 2.97. The summed E-state index contributed by atoms with van der Waals surface area (Å²) in [4.78, 5) is 22.9. The Labute approximate surface area is 92.6 Å². The molecule has 0 radical (unpaired) electrons. The first-order valence-electron chi connectivity index (χ1n) is 4.47. The van der Waals surface area contributed by atoms with Gasteiger partial charge >= 0.3 is 5.97 Å². The summed E-state index contributed by atoms with van der Waals surface area (Å²) < 4.78 is 3.56. The minimum atomic E-state index is -1.22. The SMILES string of the molecule is C=CCCC(=O)C(C)(Br)C(=O)OCC. The first kappa shape index (κ1) is 13.4. The Morgan fingerprint density at radius 1 is 1.57 bits per heavy atom. The average Bonchev–Trinajstić information content (AvgIpc) is 2.14. The van der Waals surface area contributed by atoms with Crippen LogP contribution in [0.3, 0.4) is 0 Å². The van der Waals surface area contributed by atoms with Gasteiger partial charge in [0.1, 0.15) is 0 Å². The number of carbonyl (C=O) groups excluding carboxylic acids is 2. The molecule has 0 fully saturated rings. The Morgan fingerprint density at radius 2 is 2.14 bits per heavy atom. The molecule has 0 N–H and O–H groups in total. The monoisotopic (exact) mass is 262 g/mol. The lowest BCUT2D eigenvalue weighted by Gasteiger charge is -2.18. The number of alkyl halides is 1. The maximum atomic E-state index is 11.5. The highest BCUT2D eigenvalue weighted by molar-refractivity contribution is 9.10. The van der Waals surface area contributed by atoms with Crippen molar-refractivity contribution < 1.29 is 14.3 Å². The van der Waals surface area contributed by atoms with E-state index in [4.69, 9.17) is 4.74 Å². The molecule has 0 saturated heterocycles. The molecule has 1 unspecified atom stereocenters. The van der Waals surface area contributed by atoms with Gasteiger partial charge in [-0.1, -0.05) is 22.0 Å². The van der Waals surface area contributed by atoms with E-state index in [0.29, 0.717) is 12.8 Å². The number of ether oxygens (including phenoxy) is 1. The molecule has 1 atom stereocenters. The van der Waals surface area contributed by atoms with Gasteiger partial charge in [0, 0.05) is 6.42 Å². The quantitative estimate of drug-likeness (QED) is 0.319. The van der Waals surface area contributed by atoms with Crippen LogP contribution in [0.2, 0.25) is 0 Å². The van der Waals surface area contributed by atoms with Crippen LogP contribution in [0.5, 0.6) is 0 Å². The van der Waals surface area contributed by atoms with E-state index in [-0.39, 0.29) is 12.4 Å². The van der Waals surface area contributed by atoms with E-state index >= 15 is 0 Å². The smallest absolute Gasteiger partial charge is 0.330 e. The summed E-state index contributed by atoms with van der Waals surface area (Å²) in [5.74, 6) is -0.718. The minimum Gasteiger partial charge on any atom is -0.465 e. The Morgan fingerprint density at radius 3 is 2.57 bits per heavy atom. The molecule has 0 bridgehead atoms. The summed E-state index contributed by atoms with van der Waals surface area (Å²) in [5, 5.41) is 0. The fourth-order valence-electron chi connectivity index (χ4n) is 0.848. The molecule has 0 aromatic carbocycles. The van der Waals surface area contributed by atoms with Crippen molar-refractivity contribution in [2.75, 3.05) is 6.61 Å². The number of rotatable bonds is 6. The van der Waals surface area contributed by atoms with Crippen LogP contribution in [0.4, 0.5) is 0 Å². The van der Waals surface area contributed by atoms with E-state index in [1.165, 1.54) is 6.92 Å². The molecular formula is C10H15BrO3. The van der Waals surface area contributed by atoms with Crippen LogP contribution >= 0.6 is 15.9 Å². The van der Waals surface area contributed by atoms with Crippen LogP contribution in [0, 0.1) is 0 Å². The van der Waals surface area contributed by atoms with Crippen LogP contribution in [0.1, 0.15) is 26.7 Å². The number of Topliss-reactive ketones (excluding diaryl/α,β-unsaturated/α-hetero) is 1. The number of hydrogen-bond donors (Lipinski definition) is 0. The van der Waals surface area contributed by atoms with E-state index < -0.39 is 10.3 Å². The first-order valence-corrected chi connectivity index (χ1v) is 5.26. The Bertz CT molecular complexity index is 234. The van der Waals surface area contributed by atoms with E-state index in [0.717, 1.165) is 0 Å². The second-order valence-corrected chi connectivity index (χ2v) is 4.56. The Kier molecular flexibility index (Phi) is 5.69. The molecule has 0 rings (SSSR count). The normalized spacial score (nSPS) is 14.2. The number of allylic oxidation sites excluding steroid dienone is 1. The van der Waals surface area contributed by atoms with Gasteiger partial charge in [-0.25, -0.2) is 0 Å². The van der Waals surface area contributed by atoms with E-state index in [1.54, 1.807) is 13.0 Å². The van der Waals surface area contributed by atoms with Gasteiger partial charge in [-0.2, -0.15) is 0 Å². The van der Waals surface area contributed by atoms with Crippen molar-refractivity contribution in [1.29, 1.82) is 0 Å². The predicted octanol–water partition coefficient (Wildman–Crippen LogP) is 2.24. The summed E-state index contributed by atoms with van der Waals surface area (Å²) in [7, 11) is 0. The number of esters is 1. The van der Waals surface area contributed by atoms with Crippen molar-refractivity contribution in [1.82, 2.24) is 0 Å². The van der Waals surface area contributed by atoms with Crippen molar-refractivity contribution in [3.05, 3.63) is 12.7 Å². The average molecular weight is 263 g/mol. The van der Waals surface area contributed by atoms with Crippen molar-refractivity contribution >= 4 is 27.7 Å². The lowest BCUT2D eigenvalue weighted by Crippen LogP contribution is -2.38. The molecule has 0 aromatic rings. The lowest BCUT2D eigenvalue weighted by molar-refractivity contribution is -0.148. The van der Waals surface area contributed by atoms with Crippen molar-refractivity contribution in [2.45, 2.75) is 31.0 Å². The van der Waals surface area contributed by atoms with E-state index in [1.807, 2.05) is 0 Å². The predicted molar refractivity (Wildman–Crippen MR) is 58.4 cm³/mol. The third-order valence-corrected chi connectivity index (χ3v) is 2.52. The maximum Gasteiger partial charge on any atom is 0.330 e. The fourth-order valence-corrected chi connectivity index (χ4v) is 1.16. The molecule has 0 aliphatic heterocycles. The van der Waals surface area contributed by atoms with Gasteiger partial charge in [0.15, 0.2) is 10.1 Å². The zero-order chi connectivity index (χ0) is 11.2. The molecular weight excluding hydrogens is 248 g/mol. The molecule has 0 spiro atoms. The molecule has 80 valence electrons. The van der Waals surface area contributed by atoms with Gasteiger partial charge in [-0.3, -0.25) is 9.59 Å². The highest BCUT2D eigenvalue weighted by atomic mass is 79.9. The van der Waals surface area contributed by atoms with Crippen molar-refractivity contribution in [2.24, 2.45) is 0 Å². The van der Waals surface area contributed by atoms with Gasteiger partial charge in [-0.05, 0) is 20.3 Å². The lowest BCUT2D eigenvalue weighted by atomic mass is 10.0. The van der Waals surface area contributed by atoms with Crippen molar-refractivity contribution in [3.8, 4) is 0 Å². The molecule has 3 nitrogen and oxygen atoms in total. The maximum absolute atomic E-state index is 11.5. The molecule has 14 heavy (non-hydrogen) atoms. The van der Waals surface area contributed by atoms with Crippen LogP contribution in [0.15, 0.2) is 12.7 Å². The highest BCUT2D eigenvalue weighted by Gasteiger charge is 2.38. The van der Waals surface area contributed by atoms with Crippen LogP contribution in [0.25, 0.3) is 0 Å². The highest BCUT2D eigenvalue weighted by Crippen LogP contribution is 2.22. The zero-order valence-electron chi connectivity index (χ0n) is 8.51. The number of halogens is 1. The molecule has 0 heterocycles. The topological polar surface area (TPSA) is 43.4 Å². The second kappa shape index (κ2) is 5.96. The van der Waals surface area contributed by atoms with Gasteiger partial charge < -0.3 is 4.74 Å². The van der Waals surface area contributed by atoms with E-state index in [9.17, 15) is 9.59 Å². The van der Waals surface area contributed by atoms with Gasteiger partial charge in [0.05, 0.1) is 6.61 Å². The number of carbonyl (C=O) groups is 2. The number of ketones is 1. The standard InChI is InChI=1S/C10H15BrO3/c1-4-6-7-8(12)10(3,11)9(13)14-5-2/h4H,1,5-7H2,2-3H3. The fraction of sp³-hybridized carbons (Fsp3) is 0.600. The van der Waals surface area contributed by atoms with E-state index in [2.05, 4.69) is 22.5 Å². The molecule has 0 amide bonds. The van der Waals surface area contributed by atoms with Gasteiger partial charge in [-0.15, -0.1) is 6.58 Å². The molecule has 0 saturated carbocycles. The summed E-state index contributed by atoms with van der Waals surface area (Å²) >= 11 is 3.09. The van der Waals surface area contributed by atoms with Crippen LogP contribution in [-0.2, 0) is 14.3 Å². The third-order valence-electron chi connectivity index (χ3n) is 1.76. The van der Waals surface area contributed by atoms with Gasteiger partial charge in [0.2, 0.25) is 0 Å². The molecule has 0 aromatic heterocycles. The largest absolute Gasteiger partial charge is 0.465 e. The molecule has 0 aliphatic carbocycles. The minimum absolute atomic E-state index is 0.184. The Balaban J connectivity index is 4.35. The summed E-state index contributed by atoms with van der Waals surface area (Å²) in [6.45, 7) is 7.00. The molecule has 0 aliphatic rings. The summed E-state index contributed by atoms with van der Waals surface area (Å²) in [6, 6.07) is 0. The van der Waals surface area contributed by atoms with Crippen molar-refractivity contribution in [3.63, 3.8) is 0 Å². The summed E-state index contributed by atoms with van der Waals surface area (Å²) in [5.41, 5.74) is 0. The molecule has 4 heteroatoms. The zero-order valence-corrected chi connectivity index (χ0v) is 10.1. The Hall–Kier alpha value is -0.640.